The van der Waals surface area contributed by atoms with Crippen LogP contribution in [0.15, 0.2) is 78.9 Å². The monoisotopic (exact) mass is 357 g/mol. The van der Waals surface area contributed by atoms with Gasteiger partial charge in [0.15, 0.2) is 0 Å². The third-order valence-corrected chi connectivity index (χ3v) is 4.91. The lowest BCUT2D eigenvalue weighted by atomic mass is 9.98. The summed E-state index contributed by atoms with van der Waals surface area (Å²) < 4.78 is 5.48. The van der Waals surface area contributed by atoms with E-state index >= 15 is 0 Å². The average molecular weight is 357 g/mol. The SMILES string of the molecule is O=C[C@@H](NC(=O)OCC1c2ccccc2-c2ccccc21)c1ccccc1. The summed E-state index contributed by atoms with van der Waals surface area (Å²) in [5.74, 6) is -0.00504. The highest BCUT2D eigenvalue weighted by atomic mass is 16.5. The molecule has 4 rings (SSSR count). The molecular weight excluding hydrogens is 338 g/mol. The van der Waals surface area contributed by atoms with Crippen LogP contribution in [-0.4, -0.2) is 19.0 Å². The van der Waals surface area contributed by atoms with Gasteiger partial charge >= 0.3 is 6.09 Å². The second-order valence-electron chi connectivity index (χ2n) is 6.49. The summed E-state index contributed by atoms with van der Waals surface area (Å²) in [6, 6.07) is 24.7. The molecule has 3 aromatic carbocycles. The first kappa shape index (κ1) is 17.0. The summed E-state index contributed by atoms with van der Waals surface area (Å²) in [6.45, 7) is 0.222. The van der Waals surface area contributed by atoms with Crippen molar-refractivity contribution >= 4 is 12.4 Å². The molecule has 134 valence electrons. The van der Waals surface area contributed by atoms with E-state index in [1.807, 2.05) is 42.5 Å². The van der Waals surface area contributed by atoms with Crippen LogP contribution in [0.2, 0.25) is 0 Å². The largest absolute Gasteiger partial charge is 0.449 e. The fourth-order valence-corrected chi connectivity index (χ4v) is 3.62. The first-order chi connectivity index (χ1) is 13.3. The fraction of sp³-hybridized carbons (Fsp3) is 0.130. The highest BCUT2D eigenvalue weighted by Gasteiger charge is 2.29. The van der Waals surface area contributed by atoms with Crippen molar-refractivity contribution in [3.05, 3.63) is 95.6 Å². The lowest BCUT2D eigenvalue weighted by Crippen LogP contribution is -2.31. The van der Waals surface area contributed by atoms with Crippen LogP contribution in [0, 0.1) is 0 Å². The number of carbonyl (C=O) groups excluding carboxylic acids is 2. The van der Waals surface area contributed by atoms with Crippen LogP contribution in [0.5, 0.6) is 0 Å². The summed E-state index contributed by atoms with van der Waals surface area (Å²) >= 11 is 0. The molecule has 1 aliphatic rings. The second kappa shape index (κ2) is 7.46. The van der Waals surface area contributed by atoms with Crippen LogP contribution < -0.4 is 5.32 Å². The molecule has 1 amide bonds. The molecule has 0 fully saturated rings. The van der Waals surface area contributed by atoms with Crippen LogP contribution >= 0.6 is 0 Å². The molecule has 3 aromatic rings. The quantitative estimate of drug-likeness (QED) is 0.686. The molecule has 1 aliphatic carbocycles. The van der Waals surface area contributed by atoms with Crippen LogP contribution in [0.4, 0.5) is 4.79 Å². The predicted octanol–water partition coefficient (Wildman–Crippen LogP) is 4.47. The van der Waals surface area contributed by atoms with E-state index in [4.69, 9.17) is 4.74 Å². The molecule has 0 unspecified atom stereocenters. The number of ether oxygens (including phenoxy) is 1. The first-order valence-electron chi connectivity index (χ1n) is 8.89. The molecule has 0 aromatic heterocycles. The molecule has 1 N–H and O–H groups in total. The Labute approximate surface area is 157 Å². The number of hydrogen-bond acceptors (Lipinski definition) is 3. The predicted molar refractivity (Wildman–Crippen MR) is 103 cm³/mol. The standard InChI is InChI=1S/C23H19NO3/c25-14-22(16-8-2-1-3-9-16)24-23(26)27-15-21-19-12-6-4-10-17(19)18-11-5-7-13-20(18)21/h1-14,21-22H,15H2,(H,24,26)/t22-/m1/s1. The lowest BCUT2D eigenvalue weighted by Gasteiger charge is -2.17. The van der Waals surface area contributed by atoms with Crippen molar-refractivity contribution in [1.82, 2.24) is 5.32 Å². The zero-order valence-electron chi connectivity index (χ0n) is 14.7. The molecule has 4 heteroatoms. The van der Waals surface area contributed by atoms with Gasteiger partial charge < -0.3 is 14.8 Å². The van der Waals surface area contributed by atoms with Crippen LogP contribution in [-0.2, 0) is 9.53 Å². The Bertz CT molecular complexity index is 923. The number of hydrogen-bond donors (Lipinski definition) is 1. The molecule has 0 heterocycles. The number of nitrogens with one attached hydrogen (secondary N) is 1. The van der Waals surface area contributed by atoms with Crippen molar-refractivity contribution in [2.75, 3.05) is 6.61 Å². The van der Waals surface area contributed by atoms with Crippen molar-refractivity contribution in [1.29, 1.82) is 0 Å². The number of aldehydes is 1. The molecule has 0 saturated heterocycles. The molecule has 4 nitrogen and oxygen atoms in total. The molecule has 0 bridgehead atoms. The van der Waals surface area contributed by atoms with Crippen molar-refractivity contribution in [3.8, 4) is 11.1 Å². The summed E-state index contributed by atoms with van der Waals surface area (Å²) in [6.07, 6.45) is 0.106. The van der Waals surface area contributed by atoms with Crippen LogP contribution in [0.25, 0.3) is 11.1 Å². The van der Waals surface area contributed by atoms with Gasteiger partial charge in [0.05, 0.1) is 0 Å². The minimum Gasteiger partial charge on any atom is -0.449 e. The van der Waals surface area contributed by atoms with Gasteiger partial charge in [0.2, 0.25) is 0 Å². The molecule has 0 saturated carbocycles. The summed E-state index contributed by atoms with van der Waals surface area (Å²) in [7, 11) is 0. The molecule has 27 heavy (non-hydrogen) atoms. The van der Waals surface area contributed by atoms with E-state index < -0.39 is 12.1 Å². The topological polar surface area (TPSA) is 55.4 Å². The van der Waals surface area contributed by atoms with Crippen LogP contribution in [0.1, 0.15) is 28.7 Å². The van der Waals surface area contributed by atoms with E-state index in [0.717, 1.165) is 16.7 Å². The normalized spacial score (nSPS) is 13.3. The van der Waals surface area contributed by atoms with E-state index in [-0.39, 0.29) is 12.5 Å². The first-order valence-corrected chi connectivity index (χ1v) is 8.89. The number of rotatable bonds is 5. The van der Waals surface area contributed by atoms with Gasteiger partial charge in [-0.3, -0.25) is 0 Å². The summed E-state index contributed by atoms with van der Waals surface area (Å²) in [5.41, 5.74) is 5.39. The van der Waals surface area contributed by atoms with Gasteiger partial charge in [0.25, 0.3) is 0 Å². The van der Waals surface area contributed by atoms with E-state index in [1.165, 1.54) is 11.1 Å². The van der Waals surface area contributed by atoms with E-state index in [2.05, 4.69) is 29.6 Å². The van der Waals surface area contributed by atoms with Gasteiger partial charge in [-0.15, -0.1) is 0 Å². The Morgan fingerprint density at radius 1 is 0.889 bits per heavy atom. The Morgan fingerprint density at radius 2 is 1.44 bits per heavy atom. The van der Waals surface area contributed by atoms with Gasteiger partial charge in [-0.1, -0.05) is 78.9 Å². The van der Waals surface area contributed by atoms with Crippen molar-refractivity contribution in [2.45, 2.75) is 12.0 Å². The Hall–Kier alpha value is -3.40. The molecule has 0 spiro atoms. The summed E-state index contributed by atoms with van der Waals surface area (Å²) in [4.78, 5) is 23.6. The average Bonchev–Trinajstić information content (AvgIpc) is 3.05. The third-order valence-electron chi connectivity index (χ3n) is 4.91. The number of alkyl carbamates (subject to hydrolysis) is 1. The van der Waals surface area contributed by atoms with E-state index in [0.29, 0.717) is 6.29 Å². The fourth-order valence-electron chi connectivity index (χ4n) is 3.62. The Morgan fingerprint density at radius 3 is 2.04 bits per heavy atom. The lowest BCUT2D eigenvalue weighted by molar-refractivity contribution is -0.109. The van der Waals surface area contributed by atoms with E-state index in [9.17, 15) is 9.59 Å². The zero-order valence-corrected chi connectivity index (χ0v) is 14.7. The maximum Gasteiger partial charge on any atom is 0.408 e. The zero-order chi connectivity index (χ0) is 18.6. The van der Waals surface area contributed by atoms with E-state index in [1.54, 1.807) is 12.1 Å². The smallest absolute Gasteiger partial charge is 0.408 e. The molecule has 1 atom stereocenters. The molecular formula is C23H19NO3. The van der Waals surface area contributed by atoms with Crippen molar-refractivity contribution in [3.63, 3.8) is 0 Å². The number of carbonyl (C=O) groups is 2. The van der Waals surface area contributed by atoms with Gasteiger partial charge in [0.1, 0.15) is 18.9 Å². The van der Waals surface area contributed by atoms with Gasteiger partial charge in [0, 0.05) is 5.92 Å². The summed E-state index contributed by atoms with van der Waals surface area (Å²) in [5, 5.41) is 2.63. The third kappa shape index (κ3) is 3.34. The van der Waals surface area contributed by atoms with Crippen molar-refractivity contribution in [2.24, 2.45) is 0 Å². The number of fused-ring (bicyclic) bond motifs is 3. The minimum atomic E-state index is -0.721. The van der Waals surface area contributed by atoms with Gasteiger partial charge in [-0.25, -0.2) is 4.79 Å². The highest BCUT2D eigenvalue weighted by Crippen LogP contribution is 2.44. The van der Waals surface area contributed by atoms with Crippen molar-refractivity contribution < 1.29 is 14.3 Å². The Balaban J connectivity index is 1.47. The van der Waals surface area contributed by atoms with Gasteiger partial charge in [-0.2, -0.15) is 0 Å². The number of amides is 1. The Kier molecular flexibility index (Phi) is 4.71. The molecule has 0 radical (unpaired) electrons. The second-order valence-corrected chi connectivity index (χ2v) is 6.49. The molecule has 0 aliphatic heterocycles. The van der Waals surface area contributed by atoms with Gasteiger partial charge in [-0.05, 0) is 27.8 Å². The minimum absolute atomic E-state index is 0.00504. The van der Waals surface area contributed by atoms with Crippen LogP contribution in [0.3, 0.4) is 0 Å². The maximum absolute atomic E-state index is 12.3. The maximum atomic E-state index is 12.3. The number of benzene rings is 3. The highest BCUT2D eigenvalue weighted by molar-refractivity contribution is 5.79.